The average Bonchev–Trinajstić information content (AvgIpc) is 3.12. The van der Waals surface area contributed by atoms with Crippen LogP contribution in [-0.2, 0) is 32.5 Å². The molecule has 59 heavy (non-hydrogen) atoms. The lowest BCUT2D eigenvalue weighted by Crippen LogP contribution is -2.21. The van der Waals surface area contributed by atoms with Crippen LogP contribution in [0.1, 0.15) is 158 Å². The number of hydrogen-bond donors (Lipinski definition) is 0. The molecular weight excluding hydrogens is 711 g/mol. The second kappa shape index (κ2) is 15.1. The van der Waals surface area contributed by atoms with Crippen LogP contribution in [0.15, 0.2) is 115 Å². The number of hydrogen-bond acceptors (Lipinski definition) is 1. The molecule has 310 valence electrons. The molecule has 0 heterocycles. The maximum absolute atomic E-state index is 2.57. The molecule has 6 rings (SSSR count). The maximum Gasteiger partial charge on any atom is 0.0540 e. The van der Waals surface area contributed by atoms with Gasteiger partial charge in [-0.1, -0.05) is 210 Å². The summed E-state index contributed by atoms with van der Waals surface area (Å²) in [5.41, 5.74) is 16.5. The Labute approximate surface area is 359 Å². The van der Waals surface area contributed by atoms with Crippen molar-refractivity contribution in [2.45, 2.75) is 157 Å². The molecule has 0 amide bonds. The van der Waals surface area contributed by atoms with Crippen LogP contribution < -0.4 is 4.90 Å². The van der Waals surface area contributed by atoms with E-state index in [1.54, 1.807) is 0 Å². The summed E-state index contributed by atoms with van der Waals surface area (Å²) in [7, 11) is 0. The standard InChI is InChI=1S/C58H73N/c1-53(2,3)40-29-39(30-41(31-40)54(4,5)6)48-26-21-23-38-24-22-27-50(52(38)48)49-25-19-20-28-51(49)59(46-34-42(55(7,8)9)32-43(35-46)56(10,11)12)47-36-44(57(13,14)15)33-45(37-47)58(16,17)18/h19-37H,1-18H3. The van der Waals surface area contributed by atoms with E-state index in [0.29, 0.717) is 0 Å². The van der Waals surface area contributed by atoms with Gasteiger partial charge in [0.15, 0.2) is 0 Å². The van der Waals surface area contributed by atoms with Crippen LogP contribution in [0.5, 0.6) is 0 Å². The Kier molecular flexibility index (Phi) is 11.3. The maximum atomic E-state index is 2.57. The molecule has 0 aromatic heterocycles. The third-order valence-electron chi connectivity index (χ3n) is 12.1. The summed E-state index contributed by atoms with van der Waals surface area (Å²) in [4.78, 5) is 2.57. The SMILES string of the molecule is CC(C)(C)c1cc(-c2cccc3cccc(-c4ccccc4N(c4cc(C(C)(C)C)cc(C(C)(C)C)c4)c4cc(C(C)(C)C)cc(C(C)(C)C)c4)c23)cc(C(C)(C)C)c1. The fraction of sp³-hybridized carbons (Fsp3) is 0.414. The molecule has 6 aromatic rings. The molecule has 0 N–H and O–H groups in total. The molecular formula is C58H73N. The van der Waals surface area contributed by atoms with Gasteiger partial charge in [-0.3, -0.25) is 0 Å². The summed E-state index contributed by atoms with van der Waals surface area (Å²) >= 11 is 0. The van der Waals surface area contributed by atoms with Crippen LogP contribution in [-0.4, -0.2) is 0 Å². The molecule has 6 aromatic carbocycles. The first kappa shape index (κ1) is 43.9. The molecule has 0 aliphatic heterocycles. The van der Waals surface area contributed by atoms with Crippen molar-refractivity contribution in [3.8, 4) is 22.3 Å². The Balaban J connectivity index is 1.75. The minimum Gasteiger partial charge on any atom is -0.310 e. The normalized spacial score (nSPS) is 13.3. The summed E-state index contributed by atoms with van der Waals surface area (Å²) in [6, 6.07) is 44.8. The van der Waals surface area contributed by atoms with Crippen LogP contribution >= 0.6 is 0 Å². The van der Waals surface area contributed by atoms with Crippen molar-refractivity contribution in [2.75, 3.05) is 4.90 Å². The fourth-order valence-electron chi connectivity index (χ4n) is 7.99. The van der Waals surface area contributed by atoms with E-state index in [0.717, 1.165) is 0 Å². The van der Waals surface area contributed by atoms with Crippen LogP contribution in [0.2, 0.25) is 0 Å². The van der Waals surface area contributed by atoms with E-state index < -0.39 is 0 Å². The lowest BCUT2D eigenvalue weighted by atomic mass is 9.78. The third-order valence-corrected chi connectivity index (χ3v) is 12.1. The molecule has 1 nitrogen and oxygen atoms in total. The first-order valence-electron chi connectivity index (χ1n) is 21.9. The summed E-state index contributed by atoms with van der Waals surface area (Å²) in [5.74, 6) is 0. The second-order valence-corrected chi connectivity index (χ2v) is 23.4. The molecule has 0 radical (unpaired) electrons. The monoisotopic (exact) mass is 784 g/mol. The van der Waals surface area contributed by atoms with Gasteiger partial charge in [0, 0.05) is 16.9 Å². The van der Waals surface area contributed by atoms with Gasteiger partial charge in [0.1, 0.15) is 0 Å². The van der Waals surface area contributed by atoms with Crippen molar-refractivity contribution in [1.29, 1.82) is 0 Å². The van der Waals surface area contributed by atoms with Gasteiger partial charge in [0.25, 0.3) is 0 Å². The highest BCUT2D eigenvalue weighted by molar-refractivity contribution is 6.09. The molecule has 0 saturated carbocycles. The van der Waals surface area contributed by atoms with E-state index >= 15 is 0 Å². The van der Waals surface area contributed by atoms with E-state index in [9.17, 15) is 0 Å². The third kappa shape index (κ3) is 9.41. The van der Waals surface area contributed by atoms with Gasteiger partial charge in [0.05, 0.1) is 5.69 Å². The summed E-state index contributed by atoms with van der Waals surface area (Å²) in [6.07, 6.45) is 0. The molecule has 0 spiro atoms. The van der Waals surface area contributed by atoms with Gasteiger partial charge in [-0.05, 0) is 124 Å². The zero-order valence-corrected chi connectivity index (χ0v) is 39.9. The summed E-state index contributed by atoms with van der Waals surface area (Å²) < 4.78 is 0. The quantitative estimate of drug-likeness (QED) is 0.168. The minimum absolute atomic E-state index is 0.0114. The number of fused-ring (bicyclic) bond motifs is 1. The van der Waals surface area contributed by atoms with E-state index in [2.05, 4.69) is 245 Å². The van der Waals surface area contributed by atoms with E-state index in [4.69, 9.17) is 0 Å². The van der Waals surface area contributed by atoms with Gasteiger partial charge < -0.3 is 4.90 Å². The molecule has 0 aliphatic rings. The molecule has 0 unspecified atom stereocenters. The Bertz CT molecular complexity index is 2310. The topological polar surface area (TPSA) is 3.24 Å². The number of nitrogens with zero attached hydrogens (tertiary/aromatic N) is 1. The second-order valence-electron chi connectivity index (χ2n) is 23.4. The van der Waals surface area contributed by atoms with Crippen molar-refractivity contribution >= 4 is 27.8 Å². The van der Waals surface area contributed by atoms with Crippen LogP contribution in [0.4, 0.5) is 17.1 Å². The lowest BCUT2D eigenvalue weighted by molar-refractivity contribution is 0.568. The van der Waals surface area contributed by atoms with Gasteiger partial charge in [-0.25, -0.2) is 0 Å². The smallest absolute Gasteiger partial charge is 0.0540 e. The van der Waals surface area contributed by atoms with Crippen molar-refractivity contribution in [2.24, 2.45) is 0 Å². The van der Waals surface area contributed by atoms with E-state index in [1.807, 2.05) is 0 Å². The number of anilines is 3. The predicted molar refractivity (Wildman–Crippen MR) is 262 cm³/mol. The van der Waals surface area contributed by atoms with E-state index in [-0.39, 0.29) is 32.5 Å². The molecule has 1 heteroatoms. The molecule has 0 fully saturated rings. The van der Waals surface area contributed by atoms with Gasteiger partial charge in [-0.2, -0.15) is 0 Å². The Morgan fingerprint density at radius 3 is 1.00 bits per heavy atom. The van der Waals surface area contributed by atoms with Crippen molar-refractivity contribution < 1.29 is 0 Å². The van der Waals surface area contributed by atoms with Crippen LogP contribution in [0.3, 0.4) is 0 Å². The average molecular weight is 784 g/mol. The highest BCUT2D eigenvalue weighted by atomic mass is 15.1. The highest BCUT2D eigenvalue weighted by Gasteiger charge is 2.29. The zero-order chi connectivity index (χ0) is 43.7. The van der Waals surface area contributed by atoms with Gasteiger partial charge in [-0.15, -0.1) is 0 Å². The predicted octanol–water partition coefficient (Wildman–Crippen LogP) is 17.4. The molecule has 0 saturated heterocycles. The number of para-hydroxylation sites is 1. The van der Waals surface area contributed by atoms with Gasteiger partial charge in [0.2, 0.25) is 0 Å². The van der Waals surface area contributed by atoms with Gasteiger partial charge >= 0.3 is 0 Å². The highest BCUT2D eigenvalue weighted by Crippen LogP contribution is 2.48. The Hall–Kier alpha value is -4.62. The largest absolute Gasteiger partial charge is 0.310 e. The van der Waals surface area contributed by atoms with Crippen LogP contribution in [0.25, 0.3) is 33.0 Å². The first-order valence-corrected chi connectivity index (χ1v) is 21.9. The minimum atomic E-state index is -0.0386. The number of rotatable bonds is 5. The summed E-state index contributed by atoms with van der Waals surface area (Å²) in [5, 5.41) is 2.53. The van der Waals surface area contributed by atoms with E-state index in [1.165, 1.54) is 83.5 Å². The Morgan fingerprint density at radius 2 is 0.627 bits per heavy atom. The zero-order valence-electron chi connectivity index (χ0n) is 39.9. The van der Waals surface area contributed by atoms with Crippen LogP contribution in [0, 0.1) is 0 Å². The first-order chi connectivity index (χ1) is 27.0. The molecule has 0 atom stereocenters. The molecule has 0 aliphatic carbocycles. The van der Waals surface area contributed by atoms with Crippen molar-refractivity contribution in [1.82, 2.24) is 0 Å². The van der Waals surface area contributed by atoms with Crippen molar-refractivity contribution in [3.63, 3.8) is 0 Å². The fourth-order valence-corrected chi connectivity index (χ4v) is 7.99. The molecule has 0 bridgehead atoms. The number of benzene rings is 6. The lowest BCUT2D eigenvalue weighted by Gasteiger charge is -2.34. The van der Waals surface area contributed by atoms with Crippen molar-refractivity contribution in [3.05, 3.63) is 149 Å². The Morgan fingerprint density at radius 1 is 0.305 bits per heavy atom. The summed E-state index contributed by atoms with van der Waals surface area (Å²) in [6.45, 7) is 42.1.